The van der Waals surface area contributed by atoms with Crippen molar-refractivity contribution in [2.45, 2.75) is 84.3 Å². The normalized spacial score (nSPS) is 28.5. The minimum absolute atomic E-state index is 0.166. The number of piperidine rings is 1. The molecule has 0 aromatic heterocycles. The second kappa shape index (κ2) is 7.42. The van der Waals surface area contributed by atoms with Crippen molar-refractivity contribution >= 4 is 6.09 Å². The Labute approximate surface area is 142 Å². The summed E-state index contributed by atoms with van der Waals surface area (Å²) in [6, 6.07) is 0. The molecule has 4 nitrogen and oxygen atoms in total. The first-order chi connectivity index (χ1) is 10.7. The number of nitrogens with one attached hydrogen (secondary N) is 1. The first-order valence-electron chi connectivity index (χ1n) is 9.40. The fraction of sp³-hybridized carbons (Fsp3) is 0.947. The molecule has 0 aromatic rings. The van der Waals surface area contributed by atoms with Crippen LogP contribution in [-0.4, -0.2) is 41.8 Å². The molecule has 1 heterocycles. The van der Waals surface area contributed by atoms with Gasteiger partial charge in [0.25, 0.3) is 0 Å². The maximum absolute atomic E-state index is 12.1. The first kappa shape index (κ1) is 18.6. The summed E-state index contributed by atoms with van der Waals surface area (Å²) < 4.78 is 5.48. The molecule has 1 amide bonds. The molecular formula is C19H36N2O2. The highest BCUT2D eigenvalue weighted by Crippen LogP contribution is 2.29. The molecule has 0 spiro atoms. The lowest BCUT2D eigenvalue weighted by atomic mass is 9.82. The summed E-state index contributed by atoms with van der Waals surface area (Å²) in [5, 5.41) is 3.81. The van der Waals surface area contributed by atoms with E-state index in [-0.39, 0.29) is 11.6 Å². The van der Waals surface area contributed by atoms with E-state index in [4.69, 9.17) is 4.74 Å². The second-order valence-electron chi connectivity index (χ2n) is 9.03. The number of carbonyl (C=O) groups is 1. The zero-order valence-electron chi connectivity index (χ0n) is 15.8. The molecule has 134 valence electrons. The van der Waals surface area contributed by atoms with E-state index in [2.05, 4.69) is 19.2 Å². The van der Waals surface area contributed by atoms with Gasteiger partial charge in [-0.2, -0.15) is 0 Å². The van der Waals surface area contributed by atoms with Crippen LogP contribution in [0.3, 0.4) is 0 Å². The predicted octanol–water partition coefficient (Wildman–Crippen LogP) is 4.19. The number of rotatable bonds is 3. The summed E-state index contributed by atoms with van der Waals surface area (Å²) in [5.41, 5.74) is -0.240. The number of carbonyl (C=O) groups excluding carboxylic acids is 1. The lowest BCUT2D eigenvalue weighted by Crippen LogP contribution is -2.54. The summed E-state index contributed by atoms with van der Waals surface area (Å²) in [5.74, 6) is 1.76. The van der Waals surface area contributed by atoms with Crippen molar-refractivity contribution in [3.63, 3.8) is 0 Å². The summed E-state index contributed by atoms with van der Waals surface area (Å²) >= 11 is 0. The molecular weight excluding hydrogens is 288 g/mol. The van der Waals surface area contributed by atoms with Crippen LogP contribution < -0.4 is 5.32 Å². The van der Waals surface area contributed by atoms with Gasteiger partial charge in [-0.15, -0.1) is 0 Å². The third-order valence-electron chi connectivity index (χ3n) is 5.47. The molecule has 1 saturated heterocycles. The van der Waals surface area contributed by atoms with Crippen molar-refractivity contribution < 1.29 is 9.53 Å². The quantitative estimate of drug-likeness (QED) is 0.846. The van der Waals surface area contributed by atoms with Gasteiger partial charge in [-0.3, -0.25) is 0 Å². The van der Waals surface area contributed by atoms with Crippen molar-refractivity contribution in [2.24, 2.45) is 11.8 Å². The molecule has 0 bridgehead atoms. The number of ether oxygens (including phenoxy) is 1. The predicted molar refractivity (Wildman–Crippen MR) is 94.6 cm³/mol. The third kappa shape index (κ3) is 5.98. The fourth-order valence-electron chi connectivity index (χ4n) is 3.61. The Morgan fingerprint density at radius 2 is 1.74 bits per heavy atom. The number of nitrogens with zero attached hydrogens (tertiary/aromatic N) is 1. The number of hydrogen-bond donors (Lipinski definition) is 1. The number of amides is 1. The summed E-state index contributed by atoms with van der Waals surface area (Å²) in [4.78, 5) is 14.0. The summed E-state index contributed by atoms with van der Waals surface area (Å²) in [6.45, 7) is 13.2. The molecule has 1 aliphatic carbocycles. The Bertz CT molecular complexity index is 387. The molecule has 0 atom stereocenters. The molecule has 2 aliphatic rings. The van der Waals surface area contributed by atoms with Crippen LogP contribution in [0.2, 0.25) is 0 Å². The minimum Gasteiger partial charge on any atom is -0.444 e. The van der Waals surface area contributed by atoms with Gasteiger partial charge in [0.1, 0.15) is 5.60 Å². The molecule has 23 heavy (non-hydrogen) atoms. The topological polar surface area (TPSA) is 41.6 Å². The van der Waals surface area contributed by atoms with E-state index in [1.807, 2.05) is 25.7 Å². The molecule has 0 radical (unpaired) electrons. The van der Waals surface area contributed by atoms with Crippen LogP contribution in [0.1, 0.15) is 73.1 Å². The van der Waals surface area contributed by atoms with Gasteiger partial charge in [0, 0.05) is 18.6 Å². The Balaban J connectivity index is 1.73. The van der Waals surface area contributed by atoms with E-state index in [0.717, 1.165) is 44.3 Å². The average Bonchev–Trinajstić information content (AvgIpc) is 2.46. The molecule has 0 aromatic carbocycles. The first-order valence-corrected chi connectivity index (χ1v) is 9.40. The van der Waals surface area contributed by atoms with Gasteiger partial charge in [-0.05, 0) is 71.8 Å². The van der Waals surface area contributed by atoms with E-state index in [1.54, 1.807) is 0 Å². The van der Waals surface area contributed by atoms with Crippen molar-refractivity contribution in [1.82, 2.24) is 10.2 Å². The lowest BCUT2D eigenvalue weighted by Gasteiger charge is -2.41. The second-order valence-corrected chi connectivity index (χ2v) is 9.03. The monoisotopic (exact) mass is 324 g/mol. The van der Waals surface area contributed by atoms with Gasteiger partial charge in [0.15, 0.2) is 0 Å². The van der Waals surface area contributed by atoms with Gasteiger partial charge in [-0.25, -0.2) is 4.79 Å². The zero-order valence-corrected chi connectivity index (χ0v) is 15.8. The van der Waals surface area contributed by atoms with Gasteiger partial charge >= 0.3 is 6.09 Å². The lowest BCUT2D eigenvalue weighted by molar-refractivity contribution is 0.0154. The standard InChI is InChI=1S/C19H36N2O2/c1-15-6-8-16(9-7-15)14-20-19(5)10-12-21(13-11-19)17(22)23-18(2,3)4/h15-16,20H,6-14H2,1-5H3. The number of likely N-dealkylation sites (tertiary alicyclic amines) is 1. The van der Waals surface area contributed by atoms with E-state index >= 15 is 0 Å². The van der Waals surface area contributed by atoms with Crippen LogP contribution in [0.25, 0.3) is 0 Å². The largest absolute Gasteiger partial charge is 0.444 e. The maximum atomic E-state index is 12.1. The molecule has 2 rings (SSSR count). The van der Waals surface area contributed by atoms with Crippen LogP contribution in [0.15, 0.2) is 0 Å². The Hall–Kier alpha value is -0.770. The van der Waals surface area contributed by atoms with Gasteiger partial charge < -0.3 is 15.0 Å². The van der Waals surface area contributed by atoms with Crippen molar-refractivity contribution in [3.8, 4) is 0 Å². The number of hydrogen-bond acceptors (Lipinski definition) is 3. The molecule has 1 saturated carbocycles. The van der Waals surface area contributed by atoms with Crippen LogP contribution >= 0.6 is 0 Å². The average molecular weight is 325 g/mol. The molecule has 1 aliphatic heterocycles. The van der Waals surface area contributed by atoms with Gasteiger partial charge in [0.05, 0.1) is 0 Å². The third-order valence-corrected chi connectivity index (χ3v) is 5.47. The highest BCUT2D eigenvalue weighted by atomic mass is 16.6. The van der Waals surface area contributed by atoms with Crippen LogP contribution in [0.4, 0.5) is 4.79 Å². The molecule has 2 fully saturated rings. The van der Waals surface area contributed by atoms with Gasteiger partial charge in [0.2, 0.25) is 0 Å². The SMILES string of the molecule is CC1CCC(CNC2(C)CCN(C(=O)OC(C)(C)C)CC2)CC1. The van der Waals surface area contributed by atoms with Gasteiger partial charge in [-0.1, -0.05) is 19.8 Å². The van der Waals surface area contributed by atoms with Crippen LogP contribution in [-0.2, 0) is 4.74 Å². The van der Waals surface area contributed by atoms with E-state index in [9.17, 15) is 4.79 Å². The summed E-state index contributed by atoms with van der Waals surface area (Å²) in [6.07, 6.45) is 7.36. The molecule has 4 heteroatoms. The molecule has 1 N–H and O–H groups in total. The minimum atomic E-state index is -0.409. The van der Waals surface area contributed by atoms with Crippen molar-refractivity contribution in [2.75, 3.05) is 19.6 Å². The molecule has 0 unspecified atom stereocenters. The van der Waals surface area contributed by atoms with Crippen molar-refractivity contribution in [1.29, 1.82) is 0 Å². The Morgan fingerprint density at radius 1 is 1.17 bits per heavy atom. The van der Waals surface area contributed by atoms with E-state index in [0.29, 0.717) is 0 Å². The Kier molecular flexibility index (Phi) is 5.99. The smallest absolute Gasteiger partial charge is 0.410 e. The highest BCUT2D eigenvalue weighted by molar-refractivity contribution is 5.68. The zero-order chi connectivity index (χ0) is 17.1. The van der Waals surface area contributed by atoms with Crippen LogP contribution in [0.5, 0.6) is 0 Å². The fourth-order valence-corrected chi connectivity index (χ4v) is 3.61. The van der Waals surface area contributed by atoms with E-state index in [1.165, 1.54) is 25.7 Å². The van der Waals surface area contributed by atoms with E-state index < -0.39 is 5.60 Å². The van der Waals surface area contributed by atoms with Crippen LogP contribution in [0, 0.1) is 11.8 Å². The maximum Gasteiger partial charge on any atom is 0.410 e. The summed E-state index contributed by atoms with van der Waals surface area (Å²) in [7, 11) is 0. The Morgan fingerprint density at radius 3 is 2.26 bits per heavy atom. The van der Waals surface area contributed by atoms with Crippen molar-refractivity contribution in [3.05, 3.63) is 0 Å². The highest BCUT2D eigenvalue weighted by Gasteiger charge is 2.33.